The molecule has 3 unspecified atom stereocenters. The smallest absolute Gasteiger partial charge is 0.270 e. The highest BCUT2D eigenvalue weighted by atomic mass is 32.2. The molecule has 6 N–H and O–H groups in total. The summed E-state index contributed by atoms with van der Waals surface area (Å²) in [6.45, 7) is 5.49. The average molecular weight is 658 g/mol. The Hall–Kier alpha value is -4.94. The molecule has 1 heterocycles. The van der Waals surface area contributed by atoms with E-state index < -0.39 is 64.6 Å². The third kappa shape index (κ3) is 10.0. The minimum Gasteiger partial charge on any atom is -0.390 e. The summed E-state index contributed by atoms with van der Waals surface area (Å²) < 4.78 is 13.6. The molecule has 47 heavy (non-hydrogen) atoms. The lowest BCUT2D eigenvalue weighted by Crippen LogP contribution is -2.55. The van der Waals surface area contributed by atoms with Crippen molar-refractivity contribution in [3.05, 3.63) is 108 Å². The fourth-order valence-electron chi connectivity index (χ4n) is 4.89. The van der Waals surface area contributed by atoms with Gasteiger partial charge >= 0.3 is 0 Å². The molecule has 0 aliphatic rings. The van der Waals surface area contributed by atoms with Gasteiger partial charge in [0.25, 0.3) is 11.8 Å². The summed E-state index contributed by atoms with van der Waals surface area (Å²) >= 11 is 0. The number of aliphatic hydroxyl groups excluding tert-OH is 1. The zero-order valence-electron chi connectivity index (χ0n) is 26.4. The van der Waals surface area contributed by atoms with Crippen molar-refractivity contribution < 1.29 is 28.5 Å². The number of amides is 4. The number of aromatic nitrogens is 1. The van der Waals surface area contributed by atoms with E-state index in [2.05, 4.69) is 20.9 Å². The van der Waals surface area contributed by atoms with Gasteiger partial charge in [0, 0.05) is 10.9 Å². The number of carbonyl (C=O) groups is 4. The van der Waals surface area contributed by atoms with E-state index in [9.17, 15) is 28.5 Å². The normalized spacial score (nSPS) is 14.0. The summed E-state index contributed by atoms with van der Waals surface area (Å²) in [5, 5.41) is 20.4. The molecule has 0 radical (unpaired) electrons. The van der Waals surface area contributed by atoms with Crippen LogP contribution in [-0.4, -0.2) is 67.4 Å². The van der Waals surface area contributed by atoms with Crippen molar-refractivity contribution >= 4 is 45.3 Å². The molecule has 0 saturated heterocycles. The summed E-state index contributed by atoms with van der Waals surface area (Å²) in [6, 6.07) is 23.5. The Morgan fingerprint density at radius 3 is 2.21 bits per heavy atom. The Kier molecular flexibility index (Phi) is 11.6. The summed E-state index contributed by atoms with van der Waals surface area (Å²) in [4.78, 5) is 56.2. The van der Waals surface area contributed by atoms with E-state index in [1.807, 2.05) is 51.1 Å². The monoisotopic (exact) mass is 657 g/mol. The lowest BCUT2D eigenvalue weighted by atomic mass is 10.0. The number of aliphatic hydroxyl groups is 1. The fraction of sp³-hybridized carbons (Fsp3) is 0.286. The van der Waals surface area contributed by atoms with Gasteiger partial charge < -0.3 is 26.8 Å². The Morgan fingerprint density at radius 2 is 1.51 bits per heavy atom. The molecule has 0 bridgehead atoms. The van der Waals surface area contributed by atoms with Gasteiger partial charge in [0.15, 0.2) is 0 Å². The minimum absolute atomic E-state index is 0.0383. The predicted molar refractivity (Wildman–Crippen MR) is 180 cm³/mol. The lowest BCUT2D eigenvalue weighted by molar-refractivity contribution is -0.128. The molecule has 0 aliphatic carbocycles. The van der Waals surface area contributed by atoms with Crippen molar-refractivity contribution in [3.8, 4) is 0 Å². The number of hydrogen-bond donors (Lipinski definition) is 5. The summed E-state index contributed by atoms with van der Waals surface area (Å²) in [5.74, 6) is -3.01. The number of fused-ring (bicyclic) bond motifs is 1. The second-order valence-electron chi connectivity index (χ2n) is 12.2. The lowest BCUT2D eigenvalue weighted by Gasteiger charge is -2.27. The Bertz CT molecular complexity index is 1780. The van der Waals surface area contributed by atoms with Crippen LogP contribution in [0.2, 0.25) is 0 Å². The zero-order chi connectivity index (χ0) is 34.1. The van der Waals surface area contributed by atoms with E-state index in [1.54, 1.807) is 54.6 Å². The minimum atomic E-state index is -1.85. The number of nitrogens with zero attached hydrogens (tertiary/aromatic N) is 1. The first-order valence-corrected chi connectivity index (χ1v) is 16.4. The Labute approximate surface area is 275 Å². The van der Waals surface area contributed by atoms with Crippen molar-refractivity contribution in [1.82, 2.24) is 20.9 Å². The first-order chi connectivity index (χ1) is 22.3. The van der Waals surface area contributed by atoms with Gasteiger partial charge in [0.05, 0.1) is 51.1 Å². The van der Waals surface area contributed by atoms with Crippen LogP contribution in [0.15, 0.2) is 95.9 Å². The van der Waals surface area contributed by atoms with Crippen LogP contribution in [0.5, 0.6) is 0 Å². The SMILES string of the molecule is CC(C)(C)NC(=O)c1ccccc1S(=O)C[C@@H](O)C(Cc1ccccc1)NC(=O)C(CC(N)=O)NC(=O)c1ccc2ccccc2n1. The summed E-state index contributed by atoms with van der Waals surface area (Å²) in [7, 11) is -1.85. The van der Waals surface area contributed by atoms with E-state index >= 15 is 0 Å². The maximum Gasteiger partial charge on any atom is 0.270 e. The Morgan fingerprint density at radius 1 is 0.851 bits per heavy atom. The molecule has 4 aromatic rings. The van der Waals surface area contributed by atoms with Gasteiger partial charge in [-0.05, 0) is 57.0 Å². The van der Waals surface area contributed by atoms with Crippen LogP contribution in [-0.2, 0) is 26.8 Å². The number of carbonyl (C=O) groups excluding carboxylic acids is 4. The molecule has 4 amide bonds. The summed E-state index contributed by atoms with van der Waals surface area (Å²) in [5.41, 5.74) is 6.50. The van der Waals surface area contributed by atoms with E-state index in [-0.39, 0.29) is 28.3 Å². The number of nitrogens with two attached hydrogens (primary N) is 1. The highest BCUT2D eigenvalue weighted by Gasteiger charge is 2.31. The van der Waals surface area contributed by atoms with Crippen molar-refractivity contribution in [2.24, 2.45) is 5.73 Å². The van der Waals surface area contributed by atoms with E-state index in [0.717, 1.165) is 10.9 Å². The third-order valence-corrected chi connectivity index (χ3v) is 8.63. The van der Waals surface area contributed by atoms with Gasteiger partial charge in [0.2, 0.25) is 11.8 Å². The van der Waals surface area contributed by atoms with Crippen LogP contribution in [0.3, 0.4) is 0 Å². The van der Waals surface area contributed by atoms with Crippen LogP contribution in [0, 0.1) is 0 Å². The van der Waals surface area contributed by atoms with Crippen LogP contribution >= 0.6 is 0 Å². The topological polar surface area (TPSA) is 181 Å². The standard InChI is InChI=1S/C35H39N5O6S/c1-35(2,3)40-32(43)24-14-8-10-16-30(24)47(46)21-29(41)27(19-22-11-5-4-6-12-22)38-34(45)28(20-31(36)42)39-33(44)26-18-17-23-13-7-9-15-25(23)37-26/h4-18,27-29,41H,19-21H2,1-3H3,(H2,36,42)(H,38,45)(H,39,44)(H,40,43)/t27?,28?,29-,47?/m1/s1. The van der Waals surface area contributed by atoms with Gasteiger partial charge in [-0.3, -0.25) is 23.4 Å². The van der Waals surface area contributed by atoms with Gasteiger partial charge in [-0.15, -0.1) is 0 Å². The van der Waals surface area contributed by atoms with Crippen LogP contribution in [0.25, 0.3) is 10.9 Å². The molecule has 11 nitrogen and oxygen atoms in total. The highest BCUT2D eigenvalue weighted by molar-refractivity contribution is 7.85. The largest absolute Gasteiger partial charge is 0.390 e. The maximum absolute atomic E-state index is 13.6. The number of nitrogens with one attached hydrogen (secondary N) is 3. The maximum atomic E-state index is 13.6. The van der Waals surface area contributed by atoms with Crippen molar-refractivity contribution in [2.75, 3.05) is 5.75 Å². The van der Waals surface area contributed by atoms with Gasteiger partial charge in [-0.1, -0.05) is 66.7 Å². The quantitative estimate of drug-likeness (QED) is 0.147. The first-order valence-electron chi connectivity index (χ1n) is 15.1. The van der Waals surface area contributed by atoms with Crippen LogP contribution in [0.1, 0.15) is 53.6 Å². The number of para-hydroxylation sites is 1. The number of rotatable bonds is 13. The molecular formula is C35H39N5O6S. The molecular weight excluding hydrogens is 618 g/mol. The number of pyridine rings is 1. The number of primary amides is 1. The van der Waals surface area contributed by atoms with Gasteiger partial charge in [0.1, 0.15) is 11.7 Å². The molecule has 246 valence electrons. The van der Waals surface area contributed by atoms with Crippen LogP contribution < -0.4 is 21.7 Å². The molecule has 0 fully saturated rings. The molecule has 3 aromatic carbocycles. The Balaban J connectivity index is 1.55. The second-order valence-corrected chi connectivity index (χ2v) is 13.6. The van der Waals surface area contributed by atoms with Crippen molar-refractivity contribution in [3.63, 3.8) is 0 Å². The third-order valence-electron chi connectivity index (χ3n) is 7.14. The molecule has 0 spiro atoms. The number of hydrogen-bond acceptors (Lipinski definition) is 7. The fourth-order valence-corrected chi connectivity index (χ4v) is 6.25. The van der Waals surface area contributed by atoms with Gasteiger partial charge in [-0.2, -0.15) is 0 Å². The second kappa shape index (κ2) is 15.6. The summed E-state index contributed by atoms with van der Waals surface area (Å²) in [6.07, 6.45) is -1.73. The van der Waals surface area contributed by atoms with Gasteiger partial charge in [-0.25, -0.2) is 4.98 Å². The molecule has 12 heteroatoms. The molecule has 0 saturated carbocycles. The number of benzene rings is 3. The first kappa shape index (κ1) is 34.9. The molecule has 4 rings (SSSR count). The highest BCUT2D eigenvalue weighted by Crippen LogP contribution is 2.18. The average Bonchev–Trinajstić information content (AvgIpc) is 3.03. The van der Waals surface area contributed by atoms with E-state index in [1.165, 1.54) is 6.07 Å². The van der Waals surface area contributed by atoms with Crippen LogP contribution in [0.4, 0.5) is 0 Å². The van der Waals surface area contributed by atoms with E-state index in [0.29, 0.717) is 5.52 Å². The zero-order valence-corrected chi connectivity index (χ0v) is 27.3. The predicted octanol–water partition coefficient (Wildman–Crippen LogP) is 2.63. The molecule has 0 aliphatic heterocycles. The molecule has 1 aromatic heterocycles. The van der Waals surface area contributed by atoms with Crippen molar-refractivity contribution in [2.45, 2.75) is 62.2 Å². The molecule has 4 atom stereocenters. The van der Waals surface area contributed by atoms with E-state index in [4.69, 9.17) is 5.73 Å². The van der Waals surface area contributed by atoms with Crippen molar-refractivity contribution in [1.29, 1.82) is 0 Å².